The van der Waals surface area contributed by atoms with Crippen LogP contribution in [-0.2, 0) is 16.1 Å². The van der Waals surface area contributed by atoms with Gasteiger partial charge in [-0.15, -0.1) is 0 Å². The first kappa shape index (κ1) is 15.7. The first-order chi connectivity index (χ1) is 11.6. The molecule has 0 saturated heterocycles. The van der Waals surface area contributed by atoms with Crippen LogP contribution in [0.25, 0.3) is 0 Å². The third-order valence-corrected chi connectivity index (χ3v) is 3.92. The Morgan fingerprint density at radius 3 is 2.42 bits per heavy atom. The Balaban J connectivity index is 1.92. The van der Waals surface area contributed by atoms with Gasteiger partial charge in [0, 0.05) is 12.1 Å². The van der Waals surface area contributed by atoms with Crippen molar-refractivity contribution >= 4 is 17.8 Å². The second kappa shape index (κ2) is 6.54. The van der Waals surface area contributed by atoms with Crippen molar-refractivity contribution in [3.63, 3.8) is 0 Å². The molecule has 1 heterocycles. The van der Waals surface area contributed by atoms with Crippen molar-refractivity contribution in [1.82, 2.24) is 10.2 Å². The summed E-state index contributed by atoms with van der Waals surface area (Å²) < 4.78 is 0. The molecule has 0 aromatic heterocycles. The number of benzene rings is 2. The van der Waals surface area contributed by atoms with E-state index >= 15 is 0 Å². The van der Waals surface area contributed by atoms with Gasteiger partial charge < -0.3 is 15.3 Å². The molecule has 0 radical (unpaired) electrons. The number of nitrogens with zero attached hydrogens (tertiary/aromatic N) is 1. The number of carbonyl (C=O) groups is 3. The van der Waals surface area contributed by atoms with Crippen molar-refractivity contribution in [2.24, 2.45) is 0 Å². The second-order valence-electron chi connectivity index (χ2n) is 5.52. The Morgan fingerprint density at radius 2 is 1.71 bits per heavy atom. The van der Waals surface area contributed by atoms with E-state index in [9.17, 15) is 14.4 Å². The van der Waals surface area contributed by atoms with Crippen molar-refractivity contribution in [2.45, 2.75) is 12.6 Å². The lowest BCUT2D eigenvalue weighted by molar-refractivity contribution is -0.138. The van der Waals surface area contributed by atoms with Gasteiger partial charge in [-0.1, -0.05) is 48.5 Å². The molecule has 1 atom stereocenters. The first-order valence-electron chi connectivity index (χ1n) is 7.51. The van der Waals surface area contributed by atoms with E-state index in [0.29, 0.717) is 11.1 Å². The lowest BCUT2D eigenvalue weighted by Gasteiger charge is -2.24. The molecule has 1 aliphatic rings. The molecular weight excluding hydrogens is 308 g/mol. The molecule has 0 bridgehead atoms. The minimum atomic E-state index is -1.13. The highest BCUT2D eigenvalue weighted by Gasteiger charge is 2.40. The van der Waals surface area contributed by atoms with E-state index in [0.717, 1.165) is 5.56 Å². The van der Waals surface area contributed by atoms with Crippen molar-refractivity contribution in [3.05, 3.63) is 71.3 Å². The average molecular weight is 324 g/mol. The summed E-state index contributed by atoms with van der Waals surface area (Å²) in [5.41, 5.74) is 1.97. The number of aliphatic carboxylic acids is 1. The zero-order chi connectivity index (χ0) is 17.1. The van der Waals surface area contributed by atoms with Gasteiger partial charge in [0.25, 0.3) is 5.91 Å². The number of nitrogens with one attached hydrogen (secondary N) is 1. The van der Waals surface area contributed by atoms with Crippen LogP contribution in [0.4, 0.5) is 0 Å². The van der Waals surface area contributed by atoms with Gasteiger partial charge in [-0.2, -0.15) is 0 Å². The van der Waals surface area contributed by atoms with Gasteiger partial charge in [0.05, 0.1) is 0 Å². The topological polar surface area (TPSA) is 86.7 Å². The third kappa shape index (κ3) is 2.99. The number of carboxylic acid groups (broad SMARTS) is 1. The minimum absolute atomic E-state index is 0.232. The minimum Gasteiger partial charge on any atom is -0.480 e. The zero-order valence-electron chi connectivity index (χ0n) is 12.8. The normalized spacial score (nSPS) is 15.9. The van der Waals surface area contributed by atoms with E-state index in [1.54, 1.807) is 24.3 Å². The molecule has 3 rings (SSSR count). The summed E-state index contributed by atoms with van der Waals surface area (Å²) >= 11 is 0. The largest absolute Gasteiger partial charge is 0.480 e. The summed E-state index contributed by atoms with van der Waals surface area (Å²) in [6.07, 6.45) is 0. The average Bonchev–Trinajstić information content (AvgIpc) is 2.86. The quantitative estimate of drug-likeness (QED) is 0.874. The van der Waals surface area contributed by atoms with E-state index < -0.39 is 24.5 Å². The van der Waals surface area contributed by atoms with Gasteiger partial charge >= 0.3 is 5.97 Å². The van der Waals surface area contributed by atoms with Crippen LogP contribution in [-0.4, -0.2) is 34.3 Å². The summed E-state index contributed by atoms with van der Waals surface area (Å²) in [4.78, 5) is 37.3. The molecule has 0 aliphatic carbocycles. The van der Waals surface area contributed by atoms with Crippen LogP contribution >= 0.6 is 0 Å². The number of amides is 2. The number of rotatable bonds is 5. The van der Waals surface area contributed by atoms with E-state index in [2.05, 4.69) is 5.32 Å². The van der Waals surface area contributed by atoms with Crippen molar-refractivity contribution < 1.29 is 19.5 Å². The van der Waals surface area contributed by atoms with Crippen LogP contribution in [0.3, 0.4) is 0 Å². The van der Waals surface area contributed by atoms with Crippen LogP contribution in [0.5, 0.6) is 0 Å². The van der Waals surface area contributed by atoms with Crippen molar-refractivity contribution in [3.8, 4) is 0 Å². The molecule has 0 spiro atoms. The highest BCUT2D eigenvalue weighted by Crippen LogP contribution is 2.34. The fraction of sp³-hybridized carbons (Fsp3) is 0.167. The van der Waals surface area contributed by atoms with Gasteiger partial charge in [0.2, 0.25) is 5.91 Å². The van der Waals surface area contributed by atoms with E-state index in [1.807, 2.05) is 30.3 Å². The Bertz CT molecular complexity index is 789. The predicted octanol–water partition coefficient (Wildman–Crippen LogP) is 1.58. The Labute approximate surface area is 138 Å². The Kier molecular flexibility index (Phi) is 4.29. The lowest BCUT2D eigenvalue weighted by Crippen LogP contribution is -2.40. The van der Waals surface area contributed by atoms with Crippen LogP contribution < -0.4 is 5.32 Å². The number of fused-ring (bicyclic) bond motifs is 1. The molecule has 24 heavy (non-hydrogen) atoms. The fourth-order valence-electron chi connectivity index (χ4n) is 2.86. The van der Waals surface area contributed by atoms with Crippen LogP contribution in [0.15, 0.2) is 54.6 Å². The predicted molar refractivity (Wildman–Crippen MR) is 86.1 cm³/mol. The van der Waals surface area contributed by atoms with Gasteiger partial charge in [-0.3, -0.25) is 14.4 Å². The highest BCUT2D eigenvalue weighted by atomic mass is 16.4. The summed E-state index contributed by atoms with van der Waals surface area (Å²) in [5, 5.41) is 11.1. The van der Waals surface area contributed by atoms with Gasteiger partial charge in [0.1, 0.15) is 12.6 Å². The summed E-state index contributed by atoms with van der Waals surface area (Å²) in [7, 11) is 0. The summed E-state index contributed by atoms with van der Waals surface area (Å²) in [6, 6.07) is 15.4. The molecule has 0 fully saturated rings. The SMILES string of the molecule is O=C(O)CNC(=O)[C@H]1c2ccccc2C(=O)N1Cc1ccccc1. The maximum atomic E-state index is 12.7. The van der Waals surface area contributed by atoms with E-state index in [4.69, 9.17) is 5.11 Å². The van der Waals surface area contributed by atoms with E-state index in [-0.39, 0.29) is 12.5 Å². The molecule has 1 aliphatic heterocycles. The molecule has 2 aromatic carbocycles. The van der Waals surface area contributed by atoms with Crippen molar-refractivity contribution in [1.29, 1.82) is 0 Å². The number of hydrogen-bond acceptors (Lipinski definition) is 3. The Hall–Kier alpha value is -3.15. The monoisotopic (exact) mass is 324 g/mol. The van der Waals surface area contributed by atoms with Crippen LogP contribution in [0, 0.1) is 0 Å². The fourth-order valence-corrected chi connectivity index (χ4v) is 2.86. The third-order valence-electron chi connectivity index (χ3n) is 3.92. The van der Waals surface area contributed by atoms with Gasteiger partial charge in [-0.25, -0.2) is 0 Å². The molecular formula is C18H16N2O4. The molecule has 0 unspecified atom stereocenters. The smallest absolute Gasteiger partial charge is 0.322 e. The molecule has 2 aromatic rings. The Morgan fingerprint density at radius 1 is 1.04 bits per heavy atom. The molecule has 2 N–H and O–H groups in total. The van der Waals surface area contributed by atoms with Crippen LogP contribution in [0.2, 0.25) is 0 Å². The maximum absolute atomic E-state index is 12.7. The van der Waals surface area contributed by atoms with Gasteiger partial charge in [0.15, 0.2) is 0 Å². The molecule has 6 nitrogen and oxygen atoms in total. The standard InChI is InChI=1S/C18H16N2O4/c21-15(22)10-19-17(23)16-13-8-4-5-9-14(13)18(24)20(16)11-12-6-2-1-3-7-12/h1-9,16H,10-11H2,(H,19,23)(H,21,22)/t16-/m1/s1. The first-order valence-corrected chi connectivity index (χ1v) is 7.51. The summed E-state index contributed by atoms with van der Waals surface area (Å²) in [5.74, 6) is -1.85. The maximum Gasteiger partial charge on any atom is 0.322 e. The zero-order valence-corrected chi connectivity index (χ0v) is 12.8. The van der Waals surface area contributed by atoms with Gasteiger partial charge in [-0.05, 0) is 17.2 Å². The summed E-state index contributed by atoms with van der Waals surface area (Å²) in [6.45, 7) is -0.204. The molecule has 2 amide bonds. The highest BCUT2D eigenvalue weighted by molar-refractivity contribution is 6.04. The van der Waals surface area contributed by atoms with Crippen LogP contribution in [0.1, 0.15) is 27.5 Å². The molecule has 6 heteroatoms. The molecule has 122 valence electrons. The molecule has 0 saturated carbocycles. The second-order valence-corrected chi connectivity index (χ2v) is 5.52. The lowest BCUT2D eigenvalue weighted by atomic mass is 10.0. The number of carboxylic acids is 1. The van der Waals surface area contributed by atoms with E-state index in [1.165, 1.54) is 4.90 Å². The number of hydrogen-bond donors (Lipinski definition) is 2. The van der Waals surface area contributed by atoms with Crippen molar-refractivity contribution in [2.75, 3.05) is 6.54 Å². The number of carbonyl (C=O) groups excluding carboxylic acids is 2.